The van der Waals surface area contributed by atoms with E-state index in [1.807, 2.05) is 48.5 Å². The fourth-order valence-corrected chi connectivity index (χ4v) is 4.88. The summed E-state index contributed by atoms with van der Waals surface area (Å²) in [4.78, 5) is 25.5. The van der Waals surface area contributed by atoms with Crippen LogP contribution in [-0.4, -0.2) is 27.7 Å². The topological polar surface area (TPSA) is 70.0 Å². The summed E-state index contributed by atoms with van der Waals surface area (Å²) in [5, 5.41) is 16.0. The Morgan fingerprint density at radius 2 is 1.52 bits per heavy atom. The number of carbonyl (C=O) groups is 2. The van der Waals surface area contributed by atoms with E-state index in [-0.39, 0.29) is 29.0 Å². The Hall–Kier alpha value is -3.99. The standard InChI is InChI=1S/C28H24N2O3/c31-27(22-15-7-8-16-23(22)28(32)33)30-26(20-12-5-2-6-13-20)24-17-9-14-21(25(24)29-30)18-19-10-3-1-4-11-19/h1-8,10-13,15-16,18,24,26H,9,14,17H2,(H,32,33)/b21-18-/t24-,26-/m0/s1. The predicted molar refractivity (Wildman–Crippen MR) is 128 cm³/mol. The van der Waals surface area contributed by atoms with E-state index in [1.54, 1.807) is 18.2 Å². The van der Waals surface area contributed by atoms with Gasteiger partial charge in [-0.25, -0.2) is 9.80 Å². The van der Waals surface area contributed by atoms with E-state index < -0.39 is 5.97 Å². The highest BCUT2D eigenvalue weighted by Gasteiger charge is 2.44. The van der Waals surface area contributed by atoms with E-state index in [0.717, 1.165) is 41.7 Å². The monoisotopic (exact) mass is 436 g/mol. The van der Waals surface area contributed by atoms with Crippen molar-refractivity contribution in [2.75, 3.05) is 0 Å². The van der Waals surface area contributed by atoms with E-state index in [2.05, 4.69) is 18.2 Å². The molecule has 2 aliphatic rings. The molecule has 3 aromatic rings. The van der Waals surface area contributed by atoms with Crippen molar-refractivity contribution in [2.24, 2.45) is 11.0 Å². The van der Waals surface area contributed by atoms with Crippen LogP contribution < -0.4 is 0 Å². The maximum Gasteiger partial charge on any atom is 0.336 e. The Morgan fingerprint density at radius 3 is 2.21 bits per heavy atom. The molecule has 1 fully saturated rings. The van der Waals surface area contributed by atoms with Crippen LogP contribution in [-0.2, 0) is 0 Å². The van der Waals surface area contributed by atoms with Gasteiger partial charge in [0, 0.05) is 5.92 Å². The lowest BCUT2D eigenvalue weighted by Crippen LogP contribution is -2.32. The first-order valence-corrected chi connectivity index (χ1v) is 11.2. The van der Waals surface area contributed by atoms with Gasteiger partial charge in [-0.1, -0.05) is 72.8 Å². The normalized spacial score (nSPS) is 20.9. The van der Waals surface area contributed by atoms with Gasteiger partial charge in [0.1, 0.15) is 0 Å². The van der Waals surface area contributed by atoms with Crippen molar-refractivity contribution in [3.63, 3.8) is 0 Å². The van der Waals surface area contributed by atoms with E-state index in [4.69, 9.17) is 5.10 Å². The summed E-state index contributed by atoms with van der Waals surface area (Å²) in [6, 6.07) is 26.1. The second-order valence-corrected chi connectivity index (χ2v) is 8.42. The fourth-order valence-electron chi connectivity index (χ4n) is 4.88. The van der Waals surface area contributed by atoms with Gasteiger partial charge in [-0.2, -0.15) is 5.10 Å². The molecule has 1 aliphatic heterocycles. The summed E-state index contributed by atoms with van der Waals surface area (Å²) >= 11 is 0. The summed E-state index contributed by atoms with van der Waals surface area (Å²) < 4.78 is 0. The number of hydrogen-bond acceptors (Lipinski definition) is 3. The maximum atomic E-state index is 13.7. The Balaban J connectivity index is 1.61. The van der Waals surface area contributed by atoms with Crippen LogP contribution in [0.15, 0.2) is 95.6 Å². The first-order chi connectivity index (χ1) is 16.1. The van der Waals surface area contributed by atoms with Crippen molar-refractivity contribution in [1.29, 1.82) is 0 Å². The number of benzene rings is 3. The van der Waals surface area contributed by atoms with Crippen LogP contribution in [0.1, 0.15) is 57.1 Å². The van der Waals surface area contributed by atoms with E-state index in [9.17, 15) is 14.7 Å². The minimum absolute atomic E-state index is 0.00978. The zero-order chi connectivity index (χ0) is 22.8. The zero-order valence-electron chi connectivity index (χ0n) is 18.1. The third kappa shape index (κ3) is 3.98. The summed E-state index contributed by atoms with van der Waals surface area (Å²) in [6.45, 7) is 0. The van der Waals surface area contributed by atoms with E-state index in [1.165, 1.54) is 11.1 Å². The number of aromatic carboxylic acids is 1. The molecule has 1 aliphatic carbocycles. The summed E-state index contributed by atoms with van der Waals surface area (Å²) in [7, 11) is 0. The minimum atomic E-state index is -1.12. The number of rotatable bonds is 4. The third-order valence-electron chi connectivity index (χ3n) is 6.38. The molecule has 5 rings (SSSR count). The molecule has 1 amide bonds. The van der Waals surface area contributed by atoms with Crippen LogP contribution >= 0.6 is 0 Å². The molecule has 33 heavy (non-hydrogen) atoms. The molecule has 0 aromatic heterocycles. The van der Waals surface area contributed by atoms with Crippen LogP contribution in [0.4, 0.5) is 0 Å². The van der Waals surface area contributed by atoms with Gasteiger partial charge in [0.2, 0.25) is 0 Å². The highest BCUT2D eigenvalue weighted by atomic mass is 16.4. The van der Waals surface area contributed by atoms with Gasteiger partial charge in [-0.3, -0.25) is 4.79 Å². The van der Waals surface area contributed by atoms with Crippen LogP contribution in [0, 0.1) is 5.92 Å². The largest absolute Gasteiger partial charge is 0.478 e. The molecule has 0 bridgehead atoms. The van der Waals surface area contributed by atoms with Crippen LogP contribution in [0.2, 0.25) is 0 Å². The number of fused-ring (bicyclic) bond motifs is 1. The quantitative estimate of drug-likeness (QED) is 0.560. The maximum absolute atomic E-state index is 13.7. The van der Waals surface area contributed by atoms with Crippen molar-refractivity contribution in [2.45, 2.75) is 25.3 Å². The number of allylic oxidation sites excluding steroid dienone is 1. The smallest absolute Gasteiger partial charge is 0.336 e. The van der Waals surface area contributed by atoms with Crippen molar-refractivity contribution >= 4 is 23.7 Å². The molecule has 1 heterocycles. The lowest BCUT2D eigenvalue weighted by molar-refractivity contribution is 0.0646. The minimum Gasteiger partial charge on any atom is -0.478 e. The first kappa shape index (κ1) is 20.9. The number of carboxylic acid groups (broad SMARTS) is 1. The second kappa shape index (κ2) is 8.87. The van der Waals surface area contributed by atoms with Gasteiger partial charge in [-0.05, 0) is 54.2 Å². The summed E-state index contributed by atoms with van der Waals surface area (Å²) in [5.41, 5.74) is 4.32. The Kier molecular flexibility index (Phi) is 5.61. The third-order valence-corrected chi connectivity index (χ3v) is 6.38. The van der Waals surface area contributed by atoms with E-state index in [0.29, 0.717) is 0 Å². The van der Waals surface area contributed by atoms with Crippen molar-refractivity contribution in [3.05, 3.63) is 113 Å². The molecule has 5 heteroatoms. The molecule has 0 unspecified atom stereocenters. The van der Waals surface area contributed by atoms with Gasteiger partial charge in [0.05, 0.1) is 22.9 Å². The molecule has 0 radical (unpaired) electrons. The number of carboxylic acids is 1. The highest BCUT2D eigenvalue weighted by Crippen LogP contribution is 2.45. The van der Waals surface area contributed by atoms with Gasteiger partial charge >= 0.3 is 5.97 Å². The molecule has 164 valence electrons. The highest BCUT2D eigenvalue weighted by molar-refractivity contribution is 6.10. The molecule has 0 spiro atoms. The van der Waals surface area contributed by atoms with Gasteiger partial charge in [-0.15, -0.1) is 0 Å². The molecule has 1 saturated carbocycles. The summed E-state index contributed by atoms with van der Waals surface area (Å²) in [5.74, 6) is -1.44. The lowest BCUT2D eigenvalue weighted by atomic mass is 9.77. The SMILES string of the molecule is O=C(O)c1ccccc1C(=O)N1N=C2/C(=C\c3ccccc3)CCC[C@@H]2[C@@H]1c1ccccc1. The van der Waals surface area contributed by atoms with E-state index >= 15 is 0 Å². The lowest BCUT2D eigenvalue weighted by Gasteiger charge is -2.29. The molecule has 0 saturated heterocycles. The second-order valence-electron chi connectivity index (χ2n) is 8.42. The van der Waals surface area contributed by atoms with Crippen LogP contribution in [0.3, 0.4) is 0 Å². The Morgan fingerprint density at radius 1 is 0.879 bits per heavy atom. The van der Waals surface area contributed by atoms with Gasteiger partial charge in [0.25, 0.3) is 5.91 Å². The van der Waals surface area contributed by atoms with Gasteiger partial charge < -0.3 is 5.11 Å². The number of amides is 1. The van der Waals surface area contributed by atoms with Crippen molar-refractivity contribution in [3.8, 4) is 0 Å². The first-order valence-electron chi connectivity index (χ1n) is 11.2. The summed E-state index contributed by atoms with van der Waals surface area (Å²) in [6.07, 6.45) is 5.00. The van der Waals surface area contributed by atoms with Crippen molar-refractivity contribution < 1.29 is 14.7 Å². The number of carbonyl (C=O) groups excluding carboxylic acids is 1. The zero-order valence-corrected chi connectivity index (χ0v) is 18.1. The molecular weight excluding hydrogens is 412 g/mol. The molecule has 3 aromatic carbocycles. The predicted octanol–water partition coefficient (Wildman–Crippen LogP) is 5.82. The number of nitrogens with zero attached hydrogens (tertiary/aromatic N) is 2. The average Bonchev–Trinajstić information content (AvgIpc) is 3.25. The fraction of sp³-hybridized carbons (Fsp3) is 0.179. The van der Waals surface area contributed by atoms with Gasteiger partial charge in [0.15, 0.2) is 0 Å². The molecule has 2 atom stereocenters. The van der Waals surface area contributed by atoms with Crippen LogP contribution in [0.25, 0.3) is 6.08 Å². The Bertz CT molecular complexity index is 1250. The van der Waals surface area contributed by atoms with Crippen molar-refractivity contribution in [1.82, 2.24) is 5.01 Å². The molecule has 5 nitrogen and oxygen atoms in total. The molecular formula is C28H24N2O3. The number of hydrogen-bond donors (Lipinski definition) is 1. The molecule has 1 N–H and O–H groups in total. The number of hydrazone groups is 1. The average molecular weight is 437 g/mol. The Labute approximate surface area is 192 Å². The van der Waals surface area contributed by atoms with Crippen LogP contribution in [0.5, 0.6) is 0 Å².